The summed E-state index contributed by atoms with van der Waals surface area (Å²) in [7, 11) is 0. The first-order chi connectivity index (χ1) is 7.02. The zero-order valence-corrected chi connectivity index (χ0v) is 9.02. The van der Waals surface area contributed by atoms with Gasteiger partial charge >= 0.3 is 0 Å². The molecule has 0 bridgehead atoms. The van der Waals surface area contributed by atoms with Crippen molar-refractivity contribution in [3.63, 3.8) is 0 Å². The Morgan fingerprint density at radius 3 is 2.67 bits per heavy atom. The van der Waals surface area contributed by atoms with Crippen LogP contribution >= 0.6 is 0 Å². The molecule has 2 heterocycles. The van der Waals surface area contributed by atoms with Gasteiger partial charge in [0.1, 0.15) is 0 Å². The first kappa shape index (κ1) is 9.66. The zero-order valence-electron chi connectivity index (χ0n) is 9.02. The van der Waals surface area contributed by atoms with E-state index in [1.165, 1.54) is 0 Å². The third-order valence-corrected chi connectivity index (χ3v) is 2.23. The number of hydrogen-bond donors (Lipinski definition) is 0. The molecule has 0 spiro atoms. The number of aromatic nitrogens is 3. The smallest absolute Gasteiger partial charge is 0.275 e. The SMILES string of the molecule is [C-]#[N+]c1cnc2ccc(C(C)(C)C)nn12. The summed E-state index contributed by atoms with van der Waals surface area (Å²) in [6, 6.07) is 3.85. The fourth-order valence-corrected chi connectivity index (χ4v) is 1.34. The Hall–Kier alpha value is -1.89. The summed E-state index contributed by atoms with van der Waals surface area (Å²) in [6.45, 7) is 13.3. The minimum atomic E-state index is -0.0161. The van der Waals surface area contributed by atoms with Crippen molar-refractivity contribution in [3.8, 4) is 0 Å². The highest BCUT2D eigenvalue weighted by Crippen LogP contribution is 2.21. The van der Waals surface area contributed by atoms with Gasteiger partial charge < -0.3 is 4.85 Å². The van der Waals surface area contributed by atoms with Gasteiger partial charge in [-0.3, -0.25) is 0 Å². The summed E-state index contributed by atoms with van der Waals surface area (Å²) in [5, 5.41) is 4.42. The molecule has 4 nitrogen and oxygen atoms in total. The fourth-order valence-electron chi connectivity index (χ4n) is 1.34. The van der Waals surface area contributed by atoms with E-state index in [1.807, 2.05) is 12.1 Å². The number of nitrogens with zero attached hydrogens (tertiary/aromatic N) is 4. The van der Waals surface area contributed by atoms with Crippen molar-refractivity contribution in [3.05, 3.63) is 35.4 Å². The van der Waals surface area contributed by atoms with E-state index >= 15 is 0 Å². The molecule has 0 amide bonds. The molecule has 0 aliphatic rings. The minimum absolute atomic E-state index is 0.0161. The van der Waals surface area contributed by atoms with Gasteiger partial charge in [0.25, 0.3) is 5.82 Å². The Bertz CT molecular complexity index is 540. The normalized spacial score (nSPS) is 11.6. The van der Waals surface area contributed by atoms with E-state index in [-0.39, 0.29) is 5.41 Å². The van der Waals surface area contributed by atoms with Crippen LogP contribution < -0.4 is 0 Å². The molecule has 4 heteroatoms. The predicted octanol–water partition coefficient (Wildman–Crippen LogP) is 2.58. The number of fused-ring (bicyclic) bond motifs is 1. The van der Waals surface area contributed by atoms with E-state index in [1.54, 1.807) is 10.7 Å². The van der Waals surface area contributed by atoms with Crippen LogP contribution in [0.3, 0.4) is 0 Å². The maximum atomic E-state index is 6.99. The van der Waals surface area contributed by atoms with Crippen molar-refractivity contribution in [1.82, 2.24) is 14.6 Å². The Morgan fingerprint density at radius 2 is 2.07 bits per heavy atom. The van der Waals surface area contributed by atoms with E-state index in [2.05, 4.69) is 35.7 Å². The van der Waals surface area contributed by atoms with Crippen LogP contribution in [-0.4, -0.2) is 14.6 Å². The maximum absolute atomic E-state index is 6.99. The molecule has 0 N–H and O–H groups in total. The summed E-state index contributed by atoms with van der Waals surface area (Å²) >= 11 is 0. The lowest BCUT2D eigenvalue weighted by Crippen LogP contribution is -2.15. The molecule has 0 saturated carbocycles. The molecule has 2 rings (SSSR count). The molecule has 0 radical (unpaired) electrons. The van der Waals surface area contributed by atoms with Gasteiger partial charge in [0.15, 0.2) is 0 Å². The highest BCUT2D eigenvalue weighted by molar-refractivity contribution is 5.49. The van der Waals surface area contributed by atoms with Gasteiger partial charge in [-0.25, -0.2) is 4.98 Å². The highest BCUT2D eigenvalue weighted by atomic mass is 15.3. The van der Waals surface area contributed by atoms with Crippen molar-refractivity contribution >= 4 is 11.5 Å². The molecule has 0 aromatic carbocycles. The van der Waals surface area contributed by atoms with Gasteiger partial charge in [-0.05, 0) is 6.07 Å². The third kappa shape index (κ3) is 1.57. The number of hydrogen-bond acceptors (Lipinski definition) is 2. The molecule has 2 aromatic heterocycles. The summed E-state index contributed by atoms with van der Waals surface area (Å²) in [5.74, 6) is 0.455. The lowest BCUT2D eigenvalue weighted by atomic mass is 9.92. The number of imidazole rings is 1. The molecule has 2 aromatic rings. The van der Waals surface area contributed by atoms with E-state index in [0.717, 1.165) is 5.69 Å². The average Bonchev–Trinajstić information content (AvgIpc) is 2.57. The van der Waals surface area contributed by atoms with Crippen LogP contribution in [-0.2, 0) is 5.41 Å². The predicted molar refractivity (Wildman–Crippen MR) is 57.9 cm³/mol. The second-order valence-corrected chi connectivity index (χ2v) is 4.47. The van der Waals surface area contributed by atoms with Crippen molar-refractivity contribution < 1.29 is 0 Å². The fraction of sp³-hybridized carbons (Fsp3) is 0.364. The summed E-state index contributed by atoms with van der Waals surface area (Å²) in [4.78, 5) is 7.47. The molecule has 0 aliphatic heterocycles. The topological polar surface area (TPSA) is 34.5 Å². The highest BCUT2D eigenvalue weighted by Gasteiger charge is 2.18. The Balaban J connectivity index is 2.69. The Labute approximate surface area is 88.4 Å². The summed E-state index contributed by atoms with van der Waals surface area (Å²) in [6.07, 6.45) is 1.54. The van der Waals surface area contributed by atoms with E-state index in [0.29, 0.717) is 11.5 Å². The van der Waals surface area contributed by atoms with E-state index < -0.39 is 0 Å². The lowest BCUT2D eigenvalue weighted by molar-refractivity contribution is 0.555. The van der Waals surface area contributed by atoms with Gasteiger partial charge in [-0.15, -0.1) is 4.52 Å². The van der Waals surface area contributed by atoms with Crippen molar-refractivity contribution in [1.29, 1.82) is 0 Å². The number of rotatable bonds is 0. The molecule has 15 heavy (non-hydrogen) atoms. The quantitative estimate of drug-likeness (QED) is 0.612. The molecule has 0 fully saturated rings. The summed E-state index contributed by atoms with van der Waals surface area (Å²) < 4.78 is 1.59. The van der Waals surface area contributed by atoms with E-state index in [4.69, 9.17) is 6.57 Å². The second-order valence-electron chi connectivity index (χ2n) is 4.47. The second kappa shape index (κ2) is 3.06. The average molecular weight is 200 g/mol. The Morgan fingerprint density at radius 1 is 1.33 bits per heavy atom. The first-order valence-electron chi connectivity index (χ1n) is 4.75. The van der Waals surface area contributed by atoms with Gasteiger partial charge in [-0.2, -0.15) is 0 Å². The molecule has 0 atom stereocenters. The van der Waals surface area contributed by atoms with Crippen molar-refractivity contribution in [2.75, 3.05) is 0 Å². The molecular formula is C11H12N4. The first-order valence-corrected chi connectivity index (χ1v) is 4.75. The van der Waals surface area contributed by atoms with Crippen LogP contribution in [0.1, 0.15) is 26.5 Å². The standard InChI is InChI=1S/C11H12N4/c1-11(2,3)8-5-6-9-13-7-10(12-4)15(9)14-8/h5-7H,1-3H3. The molecule has 76 valence electrons. The van der Waals surface area contributed by atoms with Crippen LogP contribution in [0.15, 0.2) is 18.3 Å². The zero-order chi connectivity index (χ0) is 11.1. The third-order valence-electron chi connectivity index (χ3n) is 2.23. The largest absolute Gasteiger partial charge is 0.360 e. The van der Waals surface area contributed by atoms with Crippen LogP contribution in [0.2, 0.25) is 0 Å². The molecule has 0 unspecified atom stereocenters. The summed E-state index contributed by atoms with van der Waals surface area (Å²) in [5.41, 5.74) is 1.66. The van der Waals surface area contributed by atoms with Crippen molar-refractivity contribution in [2.24, 2.45) is 0 Å². The molecule has 0 saturated heterocycles. The Kier molecular flexibility index (Phi) is 1.97. The van der Waals surface area contributed by atoms with Gasteiger partial charge in [0.2, 0.25) is 5.65 Å². The van der Waals surface area contributed by atoms with Gasteiger partial charge in [0, 0.05) is 11.5 Å². The minimum Gasteiger partial charge on any atom is -0.360 e. The van der Waals surface area contributed by atoms with E-state index in [9.17, 15) is 0 Å². The van der Waals surface area contributed by atoms with Crippen LogP contribution in [0.25, 0.3) is 10.5 Å². The molecular weight excluding hydrogens is 188 g/mol. The van der Waals surface area contributed by atoms with Crippen LogP contribution in [0, 0.1) is 6.57 Å². The van der Waals surface area contributed by atoms with Gasteiger partial charge in [0.05, 0.1) is 11.9 Å². The maximum Gasteiger partial charge on any atom is 0.275 e. The van der Waals surface area contributed by atoms with Crippen LogP contribution in [0.4, 0.5) is 5.82 Å². The molecule has 0 aliphatic carbocycles. The van der Waals surface area contributed by atoms with Crippen LogP contribution in [0.5, 0.6) is 0 Å². The van der Waals surface area contributed by atoms with Gasteiger partial charge in [-0.1, -0.05) is 32.4 Å². The van der Waals surface area contributed by atoms with Crippen molar-refractivity contribution in [2.45, 2.75) is 26.2 Å². The monoisotopic (exact) mass is 200 g/mol. The lowest BCUT2D eigenvalue weighted by Gasteiger charge is -2.15.